The van der Waals surface area contributed by atoms with Crippen LogP contribution in [-0.4, -0.2) is 16.7 Å². The van der Waals surface area contributed by atoms with Crippen LogP contribution in [0.4, 0.5) is 0 Å². The Morgan fingerprint density at radius 2 is 1.90 bits per heavy atom. The molecule has 2 saturated carbocycles. The molecule has 1 heterocycles. The maximum Gasteiger partial charge on any atom is 0.146 e. The second kappa shape index (κ2) is 4.91. The molecule has 1 aromatic carbocycles. The Kier molecular flexibility index (Phi) is 3.14. The maximum absolute atomic E-state index is 6.45. The highest BCUT2D eigenvalue weighted by Crippen LogP contribution is 2.54. The Morgan fingerprint density at radius 1 is 1.24 bits per heavy atom. The molecule has 2 aromatic rings. The average Bonchev–Trinajstić information content (AvgIpc) is 3.37. The molecule has 2 aliphatic carbocycles. The number of alkyl halides is 1. The molecule has 0 radical (unpaired) electrons. The molecular weight excluding hydrogens is 284 g/mol. The SMILES string of the molecule is COc1cccc2c1nc(C(C)Cl)n2C(C1CC1)C1CC1. The first kappa shape index (κ1) is 13.4. The Bertz CT molecular complexity index is 659. The second-order valence-corrected chi connectivity index (χ2v) is 7.10. The van der Waals surface area contributed by atoms with Crippen LogP contribution in [0.2, 0.25) is 0 Å². The number of aromatic nitrogens is 2. The van der Waals surface area contributed by atoms with Crippen molar-refractivity contribution in [2.45, 2.75) is 44.0 Å². The van der Waals surface area contributed by atoms with Gasteiger partial charge in [-0.1, -0.05) is 6.07 Å². The number of nitrogens with zero attached hydrogens (tertiary/aromatic N) is 2. The van der Waals surface area contributed by atoms with Crippen molar-refractivity contribution < 1.29 is 4.74 Å². The minimum Gasteiger partial charge on any atom is -0.494 e. The highest BCUT2D eigenvalue weighted by atomic mass is 35.5. The van der Waals surface area contributed by atoms with Gasteiger partial charge in [-0.05, 0) is 56.6 Å². The third-order valence-corrected chi connectivity index (χ3v) is 4.99. The van der Waals surface area contributed by atoms with Gasteiger partial charge in [0.1, 0.15) is 17.1 Å². The summed E-state index contributed by atoms with van der Waals surface area (Å²) in [5.41, 5.74) is 2.13. The van der Waals surface area contributed by atoms with Crippen molar-refractivity contribution >= 4 is 22.6 Å². The average molecular weight is 305 g/mol. The highest BCUT2D eigenvalue weighted by Gasteiger charge is 2.44. The molecule has 1 unspecified atom stereocenters. The van der Waals surface area contributed by atoms with Crippen LogP contribution < -0.4 is 4.74 Å². The predicted octanol–water partition coefficient (Wildman–Crippen LogP) is 4.71. The number of benzene rings is 1. The lowest BCUT2D eigenvalue weighted by Crippen LogP contribution is -2.16. The van der Waals surface area contributed by atoms with Gasteiger partial charge in [-0.3, -0.25) is 0 Å². The van der Waals surface area contributed by atoms with Crippen molar-refractivity contribution in [3.63, 3.8) is 0 Å². The Labute approximate surface area is 130 Å². The molecule has 4 heteroatoms. The fourth-order valence-corrected chi connectivity index (χ4v) is 3.70. The number of rotatable bonds is 5. The van der Waals surface area contributed by atoms with E-state index in [4.69, 9.17) is 21.3 Å². The summed E-state index contributed by atoms with van der Waals surface area (Å²) in [4.78, 5) is 4.83. The lowest BCUT2D eigenvalue weighted by molar-refractivity contribution is 0.392. The first-order valence-corrected chi connectivity index (χ1v) is 8.33. The van der Waals surface area contributed by atoms with E-state index in [0.29, 0.717) is 6.04 Å². The van der Waals surface area contributed by atoms with Crippen molar-refractivity contribution in [2.24, 2.45) is 11.8 Å². The van der Waals surface area contributed by atoms with Gasteiger partial charge in [0.25, 0.3) is 0 Å². The number of imidazole rings is 1. The lowest BCUT2D eigenvalue weighted by Gasteiger charge is -2.22. The van der Waals surface area contributed by atoms with Gasteiger partial charge in [0.05, 0.1) is 18.0 Å². The molecule has 2 fully saturated rings. The zero-order valence-electron chi connectivity index (χ0n) is 12.6. The molecule has 0 saturated heterocycles. The monoisotopic (exact) mass is 304 g/mol. The van der Waals surface area contributed by atoms with E-state index in [1.807, 2.05) is 13.0 Å². The van der Waals surface area contributed by atoms with Crippen LogP contribution in [0, 0.1) is 11.8 Å². The largest absolute Gasteiger partial charge is 0.494 e. The first-order valence-electron chi connectivity index (χ1n) is 7.89. The molecule has 0 aliphatic heterocycles. The van der Waals surface area contributed by atoms with Gasteiger partial charge in [0.2, 0.25) is 0 Å². The Hall–Kier alpha value is -1.22. The van der Waals surface area contributed by atoms with E-state index in [1.165, 1.54) is 31.2 Å². The summed E-state index contributed by atoms with van der Waals surface area (Å²) in [5, 5.41) is -0.0814. The fourth-order valence-electron chi connectivity index (χ4n) is 3.55. The summed E-state index contributed by atoms with van der Waals surface area (Å²) in [6.07, 6.45) is 5.39. The molecule has 0 N–H and O–H groups in total. The molecule has 0 spiro atoms. The summed E-state index contributed by atoms with van der Waals surface area (Å²) in [7, 11) is 1.71. The van der Waals surface area contributed by atoms with Crippen LogP contribution >= 0.6 is 11.6 Å². The lowest BCUT2D eigenvalue weighted by atomic mass is 10.1. The summed E-state index contributed by atoms with van der Waals surface area (Å²) >= 11 is 6.45. The van der Waals surface area contributed by atoms with E-state index < -0.39 is 0 Å². The van der Waals surface area contributed by atoms with E-state index in [2.05, 4.69) is 16.7 Å². The number of hydrogen-bond donors (Lipinski definition) is 0. The fraction of sp³-hybridized carbons (Fsp3) is 0.588. The summed E-state index contributed by atoms with van der Waals surface area (Å²) < 4.78 is 7.92. The summed E-state index contributed by atoms with van der Waals surface area (Å²) in [6.45, 7) is 2.02. The van der Waals surface area contributed by atoms with Crippen LogP contribution in [0.15, 0.2) is 18.2 Å². The minimum absolute atomic E-state index is 0.0814. The number of methoxy groups -OCH3 is 1. The first-order chi connectivity index (χ1) is 10.2. The number of halogens is 1. The molecule has 2 aliphatic rings. The van der Waals surface area contributed by atoms with E-state index in [-0.39, 0.29) is 5.38 Å². The smallest absolute Gasteiger partial charge is 0.146 e. The van der Waals surface area contributed by atoms with Crippen LogP contribution in [-0.2, 0) is 0 Å². The zero-order valence-corrected chi connectivity index (χ0v) is 13.3. The second-order valence-electron chi connectivity index (χ2n) is 6.45. The summed E-state index contributed by atoms with van der Waals surface area (Å²) in [5.74, 6) is 3.47. The van der Waals surface area contributed by atoms with Gasteiger partial charge in [0.15, 0.2) is 0 Å². The van der Waals surface area contributed by atoms with Gasteiger partial charge in [-0.15, -0.1) is 11.6 Å². The molecule has 0 bridgehead atoms. The standard InChI is InChI=1S/C17H21ClN2O/c1-10(18)17-19-15-13(4-3-5-14(15)21-2)20(17)16(11-6-7-11)12-8-9-12/h3-5,10-12,16H,6-9H2,1-2H3. The van der Waals surface area contributed by atoms with Gasteiger partial charge in [-0.25, -0.2) is 4.98 Å². The van der Waals surface area contributed by atoms with Crippen LogP contribution in [0.25, 0.3) is 11.0 Å². The van der Waals surface area contributed by atoms with Crippen molar-refractivity contribution in [3.05, 3.63) is 24.0 Å². The molecule has 1 atom stereocenters. The van der Waals surface area contributed by atoms with Crippen LogP contribution in [0.3, 0.4) is 0 Å². The van der Waals surface area contributed by atoms with E-state index in [9.17, 15) is 0 Å². The number of fused-ring (bicyclic) bond motifs is 1. The van der Waals surface area contributed by atoms with Crippen LogP contribution in [0.5, 0.6) is 5.75 Å². The van der Waals surface area contributed by atoms with E-state index in [1.54, 1.807) is 7.11 Å². The van der Waals surface area contributed by atoms with E-state index >= 15 is 0 Å². The molecule has 4 rings (SSSR count). The van der Waals surface area contributed by atoms with Gasteiger partial charge in [0, 0.05) is 6.04 Å². The number of para-hydroxylation sites is 1. The molecule has 3 nitrogen and oxygen atoms in total. The summed E-state index contributed by atoms with van der Waals surface area (Å²) in [6, 6.07) is 6.77. The van der Waals surface area contributed by atoms with Gasteiger partial charge < -0.3 is 9.30 Å². The topological polar surface area (TPSA) is 27.1 Å². The predicted molar refractivity (Wildman–Crippen MR) is 85.0 cm³/mol. The van der Waals surface area contributed by atoms with Crippen molar-refractivity contribution in [1.29, 1.82) is 0 Å². The van der Waals surface area contributed by atoms with Crippen LogP contribution in [0.1, 0.15) is 49.9 Å². The van der Waals surface area contributed by atoms with Gasteiger partial charge in [-0.2, -0.15) is 0 Å². The van der Waals surface area contributed by atoms with Gasteiger partial charge >= 0.3 is 0 Å². The molecule has 1 aromatic heterocycles. The third kappa shape index (κ3) is 2.22. The van der Waals surface area contributed by atoms with Crippen molar-refractivity contribution in [1.82, 2.24) is 9.55 Å². The zero-order chi connectivity index (χ0) is 14.6. The highest BCUT2D eigenvalue weighted by molar-refractivity contribution is 6.20. The Morgan fingerprint density at radius 3 is 2.43 bits per heavy atom. The minimum atomic E-state index is -0.0814. The normalized spacial score (nSPS) is 20.2. The van der Waals surface area contributed by atoms with E-state index in [0.717, 1.165) is 28.9 Å². The third-order valence-electron chi connectivity index (χ3n) is 4.79. The van der Waals surface area contributed by atoms with Crippen molar-refractivity contribution in [3.8, 4) is 5.75 Å². The maximum atomic E-state index is 6.45. The molecule has 0 amide bonds. The number of hydrogen-bond acceptors (Lipinski definition) is 2. The molecule has 112 valence electrons. The quantitative estimate of drug-likeness (QED) is 0.748. The molecule has 21 heavy (non-hydrogen) atoms. The Balaban J connectivity index is 1.94. The molecular formula is C17H21ClN2O. The van der Waals surface area contributed by atoms with Crippen molar-refractivity contribution in [2.75, 3.05) is 7.11 Å². The number of ether oxygens (including phenoxy) is 1.